The van der Waals surface area contributed by atoms with E-state index in [9.17, 15) is 9.59 Å². The Bertz CT molecular complexity index is 713. The molecule has 3 rings (SSSR count). The molecule has 166 valence electrons. The topological polar surface area (TPSA) is 83.1 Å². The van der Waals surface area contributed by atoms with Crippen LogP contribution in [0, 0.1) is 0 Å². The van der Waals surface area contributed by atoms with Gasteiger partial charge in [-0.05, 0) is 31.0 Å². The molecule has 1 saturated carbocycles. The number of amides is 3. The molecule has 0 bridgehead atoms. The van der Waals surface area contributed by atoms with Crippen LogP contribution in [0.15, 0.2) is 18.2 Å². The predicted molar refractivity (Wildman–Crippen MR) is 115 cm³/mol. The first-order valence-corrected chi connectivity index (χ1v) is 10.8. The van der Waals surface area contributed by atoms with Crippen LogP contribution in [-0.2, 0) is 11.3 Å². The molecule has 0 spiro atoms. The van der Waals surface area contributed by atoms with E-state index in [4.69, 9.17) is 9.47 Å². The third-order valence-corrected chi connectivity index (χ3v) is 5.91. The molecule has 0 aromatic heterocycles. The molecule has 1 aliphatic heterocycles. The van der Waals surface area contributed by atoms with Crippen LogP contribution >= 0.6 is 0 Å². The van der Waals surface area contributed by atoms with Crippen LogP contribution in [0.2, 0.25) is 0 Å². The fraction of sp³-hybridized carbons (Fsp3) is 0.636. The molecule has 0 atom stereocenters. The van der Waals surface area contributed by atoms with Crippen LogP contribution in [0.4, 0.5) is 4.79 Å². The highest BCUT2D eigenvalue weighted by atomic mass is 16.5. The van der Waals surface area contributed by atoms with Crippen LogP contribution in [0.5, 0.6) is 11.5 Å². The van der Waals surface area contributed by atoms with Gasteiger partial charge < -0.3 is 14.8 Å². The molecule has 1 saturated heterocycles. The van der Waals surface area contributed by atoms with E-state index in [-0.39, 0.29) is 24.5 Å². The third-order valence-electron chi connectivity index (χ3n) is 5.91. The second-order valence-electron chi connectivity index (χ2n) is 8.09. The molecule has 8 heteroatoms. The fourth-order valence-electron chi connectivity index (χ4n) is 4.19. The SMILES string of the molecule is COc1ccc(OC)c(CN2CCN(CC(=O)NC(=O)NC3CCCCC3)CC2)c1. The zero-order chi connectivity index (χ0) is 21.3. The third kappa shape index (κ3) is 6.60. The molecule has 2 N–H and O–H groups in total. The first kappa shape index (κ1) is 22.4. The van der Waals surface area contributed by atoms with Crippen LogP contribution in [-0.4, -0.2) is 74.7 Å². The van der Waals surface area contributed by atoms with E-state index in [2.05, 4.69) is 20.4 Å². The van der Waals surface area contributed by atoms with Crippen molar-refractivity contribution in [2.24, 2.45) is 0 Å². The fourth-order valence-corrected chi connectivity index (χ4v) is 4.19. The molecule has 0 unspecified atom stereocenters. The Labute approximate surface area is 178 Å². The molecule has 30 heavy (non-hydrogen) atoms. The van der Waals surface area contributed by atoms with E-state index < -0.39 is 0 Å². The van der Waals surface area contributed by atoms with Crippen molar-refractivity contribution in [2.45, 2.75) is 44.7 Å². The Morgan fingerprint density at radius 2 is 1.70 bits per heavy atom. The summed E-state index contributed by atoms with van der Waals surface area (Å²) in [5, 5.41) is 5.40. The van der Waals surface area contributed by atoms with Gasteiger partial charge in [0.15, 0.2) is 0 Å². The number of carbonyl (C=O) groups excluding carboxylic acids is 2. The van der Waals surface area contributed by atoms with Gasteiger partial charge in [-0.2, -0.15) is 0 Å². The molecule has 2 fully saturated rings. The van der Waals surface area contributed by atoms with E-state index in [0.29, 0.717) is 0 Å². The maximum absolute atomic E-state index is 12.2. The van der Waals surface area contributed by atoms with Gasteiger partial charge in [-0.1, -0.05) is 19.3 Å². The average molecular weight is 419 g/mol. The second kappa shape index (κ2) is 11.2. The lowest BCUT2D eigenvalue weighted by atomic mass is 9.96. The van der Waals surface area contributed by atoms with Crippen molar-refractivity contribution in [3.8, 4) is 11.5 Å². The largest absolute Gasteiger partial charge is 0.497 e. The van der Waals surface area contributed by atoms with Gasteiger partial charge >= 0.3 is 6.03 Å². The molecular weight excluding hydrogens is 384 g/mol. The lowest BCUT2D eigenvalue weighted by Gasteiger charge is -2.34. The van der Waals surface area contributed by atoms with Gasteiger partial charge in [0.1, 0.15) is 11.5 Å². The summed E-state index contributed by atoms with van der Waals surface area (Å²) in [7, 11) is 3.33. The number of nitrogens with one attached hydrogen (secondary N) is 2. The molecule has 8 nitrogen and oxygen atoms in total. The van der Waals surface area contributed by atoms with Crippen LogP contribution in [0.3, 0.4) is 0 Å². The van der Waals surface area contributed by atoms with E-state index in [0.717, 1.165) is 75.5 Å². The molecule has 1 aromatic carbocycles. The van der Waals surface area contributed by atoms with Crippen molar-refractivity contribution < 1.29 is 19.1 Å². The molecule has 2 aliphatic rings. The summed E-state index contributed by atoms with van der Waals surface area (Å²) in [5.41, 5.74) is 1.09. The predicted octanol–water partition coefficient (Wildman–Crippen LogP) is 1.98. The average Bonchev–Trinajstić information content (AvgIpc) is 2.75. The zero-order valence-corrected chi connectivity index (χ0v) is 18.1. The van der Waals surface area contributed by atoms with Crippen molar-refractivity contribution in [2.75, 3.05) is 46.9 Å². The lowest BCUT2D eigenvalue weighted by molar-refractivity contribution is -0.121. The van der Waals surface area contributed by atoms with E-state index in [1.165, 1.54) is 6.42 Å². The smallest absolute Gasteiger partial charge is 0.321 e. The monoisotopic (exact) mass is 418 g/mol. The van der Waals surface area contributed by atoms with Crippen molar-refractivity contribution in [3.63, 3.8) is 0 Å². The lowest BCUT2D eigenvalue weighted by Crippen LogP contribution is -2.51. The number of imide groups is 1. The van der Waals surface area contributed by atoms with Crippen molar-refractivity contribution >= 4 is 11.9 Å². The Kier molecular flexibility index (Phi) is 8.33. The minimum atomic E-state index is -0.365. The Morgan fingerprint density at radius 1 is 1.00 bits per heavy atom. The van der Waals surface area contributed by atoms with Crippen molar-refractivity contribution in [1.82, 2.24) is 20.4 Å². The number of hydrogen-bond acceptors (Lipinski definition) is 6. The first-order valence-electron chi connectivity index (χ1n) is 10.8. The van der Waals surface area contributed by atoms with Gasteiger partial charge in [0, 0.05) is 44.3 Å². The molecular formula is C22H34N4O4. The highest BCUT2D eigenvalue weighted by Crippen LogP contribution is 2.25. The summed E-state index contributed by atoms with van der Waals surface area (Å²) >= 11 is 0. The Balaban J connectivity index is 1.40. The van der Waals surface area contributed by atoms with Crippen LogP contribution in [0.25, 0.3) is 0 Å². The maximum Gasteiger partial charge on any atom is 0.321 e. The van der Waals surface area contributed by atoms with E-state index in [1.54, 1.807) is 14.2 Å². The van der Waals surface area contributed by atoms with Gasteiger partial charge in [-0.15, -0.1) is 0 Å². The van der Waals surface area contributed by atoms with Gasteiger partial charge in [0.25, 0.3) is 0 Å². The maximum atomic E-state index is 12.2. The number of methoxy groups -OCH3 is 2. The van der Waals surface area contributed by atoms with E-state index in [1.807, 2.05) is 18.2 Å². The molecule has 1 aromatic rings. The van der Waals surface area contributed by atoms with Crippen LogP contribution in [0.1, 0.15) is 37.7 Å². The number of urea groups is 1. The van der Waals surface area contributed by atoms with E-state index >= 15 is 0 Å². The first-order chi connectivity index (χ1) is 14.6. The number of benzene rings is 1. The summed E-state index contributed by atoms with van der Waals surface area (Å²) in [4.78, 5) is 28.7. The zero-order valence-electron chi connectivity index (χ0n) is 18.1. The second-order valence-corrected chi connectivity index (χ2v) is 8.09. The summed E-state index contributed by atoms with van der Waals surface area (Å²) in [6.45, 7) is 4.27. The standard InChI is InChI=1S/C22H34N4O4/c1-29-19-8-9-20(30-2)17(14-19)15-25-10-12-26(13-11-25)16-21(27)24-22(28)23-18-6-4-3-5-7-18/h8-9,14,18H,3-7,10-13,15-16H2,1-2H3,(H2,23,24,27,28). The number of hydrogen-bond donors (Lipinski definition) is 2. The van der Waals surface area contributed by atoms with Gasteiger partial charge in [0.2, 0.25) is 5.91 Å². The minimum absolute atomic E-state index is 0.198. The van der Waals surface area contributed by atoms with Crippen molar-refractivity contribution in [1.29, 1.82) is 0 Å². The summed E-state index contributed by atoms with van der Waals surface area (Å²) in [5.74, 6) is 1.42. The molecule has 1 aliphatic carbocycles. The normalized spacial score (nSPS) is 18.6. The highest BCUT2D eigenvalue weighted by molar-refractivity contribution is 5.95. The Hall–Kier alpha value is -2.32. The molecule has 0 radical (unpaired) electrons. The number of ether oxygens (including phenoxy) is 2. The quantitative estimate of drug-likeness (QED) is 0.705. The minimum Gasteiger partial charge on any atom is -0.497 e. The molecule has 3 amide bonds. The Morgan fingerprint density at radius 3 is 2.37 bits per heavy atom. The van der Waals surface area contributed by atoms with Crippen molar-refractivity contribution in [3.05, 3.63) is 23.8 Å². The summed E-state index contributed by atoms with van der Waals surface area (Å²) in [6, 6.07) is 5.65. The number of nitrogens with zero attached hydrogens (tertiary/aromatic N) is 2. The number of piperazine rings is 1. The van der Waals surface area contributed by atoms with Gasteiger partial charge in [0.05, 0.1) is 20.8 Å². The summed E-state index contributed by atoms with van der Waals surface area (Å²) in [6.07, 6.45) is 5.52. The number of carbonyl (C=O) groups is 2. The van der Waals surface area contributed by atoms with Crippen LogP contribution < -0.4 is 20.1 Å². The van der Waals surface area contributed by atoms with Gasteiger partial charge in [-0.25, -0.2) is 4.79 Å². The molecule has 1 heterocycles. The van der Waals surface area contributed by atoms with Gasteiger partial charge in [-0.3, -0.25) is 19.9 Å². The highest BCUT2D eigenvalue weighted by Gasteiger charge is 2.22. The number of rotatable bonds is 7. The summed E-state index contributed by atoms with van der Waals surface area (Å²) < 4.78 is 10.8.